The quantitative estimate of drug-likeness (QED) is 0.252. The normalized spacial score (nSPS) is 14.4. The summed E-state index contributed by atoms with van der Waals surface area (Å²) >= 11 is 1.97. The van der Waals surface area contributed by atoms with E-state index in [1.54, 1.807) is 6.07 Å². The molecule has 0 bridgehead atoms. The summed E-state index contributed by atoms with van der Waals surface area (Å²) in [6, 6.07) is 3.72. The molecule has 6 heteroatoms. The Balaban J connectivity index is 3.07. The van der Waals surface area contributed by atoms with Gasteiger partial charge in [0.2, 0.25) is 5.78 Å². The molecule has 0 aromatic heterocycles. The number of allylic oxidation sites excluding steroid dienone is 1. The zero-order valence-electron chi connectivity index (χ0n) is 12.7. The molecule has 0 saturated carbocycles. The second kappa shape index (κ2) is 7.82. The average molecular weight is 419 g/mol. The smallest absolute Gasteiger partial charge is 0.200 e. The summed E-state index contributed by atoms with van der Waals surface area (Å²) in [5.41, 5.74) is -0.569. The van der Waals surface area contributed by atoms with Crippen LogP contribution in [-0.2, 0) is 0 Å². The predicted molar refractivity (Wildman–Crippen MR) is 93.0 cm³/mol. The molecule has 120 valence electrons. The van der Waals surface area contributed by atoms with E-state index in [9.17, 15) is 19.4 Å². The van der Waals surface area contributed by atoms with Crippen LogP contribution in [0.4, 0.5) is 4.39 Å². The van der Waals surface area contributed by atoms with Gasteiger partial charge >= 0.3 is 0 Å². The monoisotopic (exact) mass is 419 g/mol. The van der Waals surface area contributed by atoms with Crippen molar-refractivity contribution in [2.75, 3.05) is 6.61 Å². The van der Waals surface area contributed by atoms with Crippen molar-refractivity contribution >= 4 is 34.6 Å². The average Bonchev–Trinajstić information content (AvgIpc) is 2.44. The molecule has 2 N–H and O–H groups in total. The Hall–Kier alpha value is -1.28. The fourth-order valence-electron chi connectivity index (χ4n) is 1.69. The van der Waals surface area contributed by atoms with Gasteiger partial charge in [-0.2, -0.15) is 0 Å². The fraction of sp³-hybridized carbons (Fsp3) is 0.375. The van der Waals surface area contributed by atoms with Crippen molar-refractivity contribution in [1.29, 1.82) is 0 Å². The first-order valence-corrected chi connectivity index (χ1v) is 7.76. The molecule has 0 aliphatic rings. The molecule has 1 atom stereocenters. The minimum Gasteiger partial charge on any atom is -0.515 e. The summed E-state index contributed by atoms with van der Waals surface area (Å²) < 4.78 is 14.5. The van der Waals surface area contributed by atoms with Crippen molar-refractivity contribution in [3.8, 4) is 0 Å². The van der Waals surface area contributed by atoms with Gasteiger partial charge in [0.15, 0.2) is 0 Å². The Kier molecular flexibility index (Phi) is 6.67. The van der Waals surface area contributed by atoms with Crippen LogP contribution < -0.4 is 0 Å². The second-order valence-corrected chi connectivity index (χ2v) is 7.13. The third kappa shape index (κ3) is 4.88. The van der Waals surface area contributed by atoms with Gasteiger partial charge in [-0.05, 0) is 46.2 Å². The lowest BCUT2D eigenvalue weighted by Gasteiger charge is -2.25. The van der Waals surface area contributed by atoms with Crippen molar-refractivity contribution < 1.29 is 19.4 Å². The van der Waals surface area contributed by atoms with E-state index in [0.717, 1.165) is 0 Å². The molecule has 0 spiro atoms. The number of hydrogen-bond donors (Lipinski definition) is 2. The Labute approximate surface area is 142 Å². The largest absolute Gasteiger partial charge is 0.515 e. The Morgan fingerprint density at radius 2 is 2.09 bits per heavy atom. The topological polar surface area (TPSA) is 69.9 Å². The van der Waals surface area contributed by atoms with E-state index in [1.807, 2.05) is 43.4 Å². The minimum absolute atomic E-state index is 0.130. The van der Waals surface area contributed by atoms with Gasteiger partial charge < -0.3 is 10.2 Å². The summed E-state index contributed by atoms with van der Waals surface area (Å²) in [6.45, 7) is 5.50. The zero-order valence-corrected chi connectivity index (χ0v) is 14.8. The van der Waals surface area contributed by atoms with Crippen LogP contribution in [-0.4, -0.2) is 34.9 Å². The molecule has 22 heavy (non-hydrogen) atoms. The molecule has 0 heterocycles. The summed E-state index contributed by atoms with van der Waals surface area (Å²) in [5.74, 6) is -1.32. The fourth-order valence-corrected chi connectivity index (χ4v) is 2.18. The van der Waals surface area contributed by atoms with Gasteiger partial charge in [0, 0.05) is 9.78 Å². The minimum atomic E-state index is -0.660. The highest BCUT2D eigenvalue weighted by Gasteiger charge is 2.23. The van der Waals surface area contributed by atoms with Crippen LogP contribution >= 0.6 is 22.6 Å². The molecule has 1 aromatic carbocycles. The molecule has 0 amide bonds. The number of carbonyl (C=O) groups is 1. The number of Topliss-reactive ketones (excluding diaryl/α,β-unsaturated/α-hetero) is 1. The molecule has 0 aliphatic heterocycles. The first-order chi connectivity index (χ1) is 10.2. The van der Waals surface area contributed by atoms with E-state index in [1.165, 1.54) is 18.3 Å². The van der Waals surface area contributed by atoms with Gasteiger partial charge in [-0.25, -0.2) is 4.39 Å². The van der Waals surface area contributed by atoms with Gasteiger partial charge in [-0.1, -0.05) is 20.8 Å². The first kappa shape index (κ1) is 18.8. The van der Waals surface area contributed by atoms with Crippen molar-refractivity contribution in [2.24, 2.45) is 10.4 Å². The van der Waals surface area contributed by atoms with Crippen LogP contribution in [0.25, 0.3) is 0 Å². The van der Waals surface area contributed by atoms with Crippen LogP contribution in [0, 0.1) is 14.8 Å². The van der Waals surface area contributed by atoms with Crippen molar-refractivity contribution in [1.82, 2.24) is 0 Å². The Morgan fingerprint density at radius 1 is 1.45 bits per heavy atom. The summed E-state index contributed by atoms with van der Waals surface area (Å²) in [6.07, 6.45) is 1.77. The van der Waals surface area contributed by atoms with Crippen LogP contribution in [0.3, 0.4) is 0 Å². The Morgan fingerprint density at radius 3 is 2.59 bits per heavy atom. The highest BCUT2D eigenvalue weighted by molar-refractivity contribution is 14.1. The number of carbonyl (C=O) groups excluding carboxylic acids is 1. The molecule has 0 fully saturated rings. The molecule has 1 aromatic rings. The van der Waals surface area contributed by atoms with Crippen molar-refractivity contribution in [2.45, 2.75) is 26.8 Å². The molecular formula is C16H19FINO3. The maximum absolute atomic E-state index is 13.8. The zero-order chi connectivity index (χ0) is 16.9. The third-order valence-corrected chi connectivity index (χ3v) is 3.81. The molecular weight excluding hydrogens is 400 g/mol. The van der Waals surface area contributed by atoms with E-state index in [-0.39, 0.29) is 23.2 Å². The Bertz CT molecular complexity index is 606. The summed E-state index contributed by atoms with van der Waals surface area (Å²) in [5, 5.41) is 18.6. The van der Waals surface area contributed by atoms with Crippen LogP contribution in [0.2, 0.25) is 0 Å². The van der Waals surface area contributed by atoms with Crippen molar-refractivity contribution in [3.05, 3.63) is 45.0 Å². The summed E-state index contributed by atoms with van der Waals surface area (Å²) in [7, 11) is 0. The number of rotatable bonds is 5. The first-order valence-electron chi connectivity index (χ1n) is 6.69. The van der Waals surface area contributed by atoms with Gasteiger partial charge in [-0.15, -0.1) is 0 Å². The number of aliphatic hydroxyl groups is 2. The number of aliphatic hydroxyl groups excluding tert-OH is 2. The van der Waals surface area contributed by atoms with Crippen LogP contribution in [0.15, 0.2) is 35.0 Å². The van der Waals surface area contributed by atoms with Gasteiger partial charge in [0.05, 0.1) is 30.0 Å². The van der Waals surface area contributed by atoms with E-state index in [2.05, 4.69) is 4.99 Å². The molecule has 0 saturated heterocycles. The number of benzene rings is 1. The van der Waals surface area contributed by atoms with Gasteiger partial charge in [-0.3, -0.25) is 9.79 Å². The number of hydrogen-bond acceptors (Lipinski definition) is 4. The lowest BCUT2D eigenvalue weighted by atomic mass is 9.88. The SMILES string of the molecule is CC(C)(C)[C@@H](CO)N=CC(=CO)C(=O)c1cc(I)ccc1F. The lowest BCUT2D eigenvalue weighted by molar-refractivity contribution is 0.103. The molecule has 0 unspecified atom stereocenters. The third-order valence-electron chi connectivity index (χ3n) is 3.14. The number of nitrogens with zero attached hydrogens (tertiary/aromatic N) is 1. The maximum atomic E-state index is 13.8. The second-order valence-electron chi connectivity index (χ2n) is 5.88. The number of aliphatic imine (C=N–C) groups is 1. The van der Waals surface area contributed by atoms with Gasteiger partial charge in [0.25, 0.3) is 0 Å². The van der Waals surface area contributed by atoms with E-state index < -0.39 is 17.6 Å². The molecule has 1 rings (SSSR count). The highest BCUT2D eigenvalue weighted by Crippen LogP contribution is 2.22. The molecule has 4 nitrogen and oxygen atoms in total. The van der Waals surface area contributed by atoms with E-state index >= 15 is 0 Å². The number of ketones is 1. The molecule has 0 radical (unpaired) electrons. The lowest BCUT2D eigenvalue weighted by Crippen LogP contribution is -2.28. The number of halogens is 2. The van der Waals surface area contributed by atoms with E-state index in [4.69, 9.17) is 0 Å². The van der Waals surface area contributed by atoms with Crippen LogP contribution in [0.5, 0.6) is 0 Å². The summed E-state index contributed by atoms with van der Waals surface area (Å²) in [4.78, 5) is 16.4. The van der Waals surface area contributed by atoms with E-state index in [0.29, 0.717) is 9.83 Å². The van der Waals surface area contributed by atoms with Crippen molar-refractivity contribution in [3.63, 3.8) is 0 Å². The molecule has 0 aliphatic carbocycles. The van der Waals surface area contributed by atoms with Crippen LogP contribution in [0.1, 0.15) is 31.1 Å². The maximum Gasteiger partial charge on any atom is 0.200 e. The van der Waals surface area contributed by atoms with Gasteiger partial charge in [0.1, 0.15) is 5.82 Å². The standard InChI is InChI=1S/C16H19FINO3/c1-16(2,3)14(9-21)19-7-10(8-20)15(22)12-6-11(18)4-5-13(12)17/h4-8,14,20-21H,9H2,1-3H3/t14-/m1/s1. The highest BCUT2D eigenvalue weighted by atomic mass is 127. The predicted octanol–water partition coefficient (Wildman–Crippen LogP) is 3.53.